The standard InChI is InChI=1S/C16H14BrClO/c1-19-15-7-6-11(9-14(15)17)16(18)13-8-10-4-2-3-5-12(10)13/h2-7,9,13,16H,8H2,1H3. The number of ether oxygens (including phenoxy) is 1. The van der Waals surface area contributed by atoms with Crippen LogP contribution in [0.2, 0.25) is 0 Å². The lowest BCUT2D eigenvalue weighted by Gasteiger charge is -2.33. The zero-order valence-corrected chi connectivity index (χ0v) is 12.9. The Kier molecular flexibility index (Phi) is 3.55. The van der Waals surface area contributed by atoms with Gasteiger partial charge in [0.2, 0.25) is 0 Å². The van der Waals surface area contributed by atoms with Crippen molar-refractivity contribution in [3.8, 4) is 5.75 Å². The second-order valence-electron chi connectivity index (χ2n) is 4.81. The lowest BCUT2D eigenvalue weighted by atomic mass is 9.74. The zero-order chi connectivity index (χ0) is 13.4. The highest BCUT2D eigenvalue weighted by Crippen LogP contribution is 2.47. The number of halogens is 2. The van der Waals surface area contributed by atoms with Crippen molar-refractivity contribution in [2.75, 3.05) is 7.11 Å². The Bertz CT molecular complexity index is 611. The summed E-state index contributed by atoms with van der Waals surface area (Å²) in [5, 5.41) is 0.0112. The summed E-state index contributed by atoms with van der Waals surface area (Å²) in [4.78, 5) is 0. The van der Waals surface area contributed by atoms with Gasteiger partial charge in [-0.3, -0.25) is 0 Å². The van der Waals surface area contributed by atoms with Crippen LogP contribution in [0.15, 0.2) is 46.9 Å². The fourth-order valence-corrected chi connectivity index (χ4v) is 3.56. The predicted molar refractivity (Wildman–Crippen MR) is 82.2 cm³/mol. The summed E-state index contributed by atoms with van der Waals surface area (Å²) in [6, 6.07) is 14.6. The molecule has 1 nitrogen and oxygen atoms in total. The molecular weight excluding hydrogens is 324 g/mol. The van der Waals surface area contributed by atoms with Crippen LogP contribution in [-0.2, 0) is 6.42 Å². The van der Waals surface area contributed by atoms with Crippen molar-refractivity contribution >= 4 is 27.5 Å². The van der Waals surface area contributed by atoms with E-state index in [-0.39, 0.29) is 5.38 Å². The van der Waals surface area contributed by atoms with Gasteiger partial charge in [-0.2, -0.15) is 0 Å². The van der Waals surface area contributed by atoms with Gasteiger partial charge in [0.15, 0.2) is 0 Å². The fourth-order valence-electron chi connectivity index (χ4n) is 2.65. The second-order valence-corrected chi connectivity index (χ2v) is 6.13. The Morgan fingerprint density at radius 1 is 1.26 bits per heavy atom. The lowest BCUT2D eigenvalue weighted by Crippen LogP contribution is -2.21. The van der Waals surface area contributed by atoms with Crippen molar-refractivity contribution in [2.45, 2.75) is 17.7 Å². The molecule has 1 aliphatic rings. The van der Waals surface area contributed by atoms with E-state index in [0.29, 0.717) is 5.92 Å². The monoisotopic (exact) mass is 336 g/mol. The van der Waals surface area contributed by atoms with Crippen LogP contribution in [0.5, 0.6) is 5.75 Å². The van der Waals surface area contributed by atoms with Crippen molar-refractivity contribution in [1.82, 2.24) is 0 Å². The van der Waals surface area contributed by atoms with E-state index in [1.54, 1.807) is 7.11 Å². The summed E-state index contributed by atoms with van der Waals surface area (Å²) in [6.45, 7) is 0. The maximum atomic E-state index is 6.64. The minimum absolute atomic E-state index is 0.0112. The predicted octanol–water partition coefficient (Wildman–Crippen LogP) is 5.08. The molecule has 0 N–H and O–H groups in total. The van der Waals surface area contributed by atoms with E-state index in [2.05, 4.69) is 46.3 Å². The van der Waals surface area contributed by atoms with E-state index in [9.17, 15) is 0 Å². The number of hydrogen-bond donors (Lipinski definition) is 0. The van der Waals surface area contributed by atoms with Crippen molar-refractivity contribution in [3.63, 3.8) is 0 Å². The van der Waals surface area contributed by atoms with Gasteiger partial charge in [-0.25, -0.2) is 0 Å². The first-order valence-corrected chi connectivity index (χ1v) is 7.49. The molecule has 0 bridgehead atoms. The number of hydrogen-bond acceptors (Lipinski definition) is 1. The van der Waals surface area contributed by atoms with Gasteiger partial charge in [-0.15, -0.1) is 11.6 Å². The molecule has 0 amide bonds. The van der Waals surface area contributed by atoms with Gasteiger partial charge in [-0.1, -0.05) is 30.3 Å². The van der Waals surface area contributed by atoms with Crippen molar-refractivity contribution in [2.24, 2.45) is 0 Å². The van der Waals surface area contributed by atoms with Gasteiger partial charge in [0.1, 0.15) is 5.75 Å². The van der Waals surface area contributed by atoms with Gasteiger partial charge in [0, 0.05) is 5.92 Å². The largest absolute Gasteiger partial charge is 0.496 e. The molecule has 19 heavy (non-hydrogen) atoms. The molecule has 3 rings (SSSR count). The van der Waals surface area contributed by atoms with E-state index < -0.39 is 0 Å². The first-order valence-electron chi connectivity index (χ1n) is 6.26. The van der Waals surface area contributed by atoms with Crippen molar-refractivity contribution in [3.05, 3.63) is 63.6 Å². The summed E-state index contributed by atoms with van der Waals surface area (Å²) >= 11 is 10.2. The molecule has 2 aromatic rings. The molecule has 0 saturated carbocycles. The third kappa shape index (κ3) is 2.28. The third-order valence-electron chi connectivity index (χ3n) is 3.74. The Hall–Kier alpha value is -0.990. The molecular formula is C16H14BrClO. The second kappa shape index (κ2) is 5.18. The smallest absolute Gasteiger partial charge is 0.133 e. The van der Waals surface area contributed by atoms with Crippen LogP contribution in [0.4, 0.5) is 0 Å². The first-order chi connectivity index (χ1) is 9.20. The van der Waals surface area contributed by atoms with Gasteiger partial charge in [-0.05, 0) is 51.2 Å². The van der Waals surface area contributed by atoms with E-state index in [0.717, 1.165) is 22.2 Å². The number of methoxy groups -OCH3 is 1. The average Bonchev–Trinajstić information content (AvgIpc) is 2.40. The molecule has 0 aliphatic heterocycles. The summed E-state index contributed by atoms with van der Waals surface area (Å²) in [5.74, 6) is 1.25. The van der Waals surface area contributed by atoms with Crippen LogP contribution < -0.4 is 4.74 Å². The van der Waals surface area contributed by atoms with Crippen LogP contribution in [0.3, 0.4) is 0 Å². The topological polar surface area (TPSA) is 9.23 Å². The number of rotatable bonds is 3. The normalized spacial score (nSPS) is 18.4. The maximum absolute atomic E-state index is 6.64. The Balaban J connectivity index is 1.86. The fraction of sp³-hybridized carbons (Fsp3) is 0.250. The van der Waals surface area contributed by atoms with Gasteiger partial charge in [0.25, 0.3) is 0 Å². The highest BCUT2D eigenvalue weighted by atomic mass is 79.9. The van der Waals surface area contributed by atoms with Crippen LogP contribution in [-0.4, -0.2) is 7.11 Å². The van der Waals surface area contributed by atoms with Crippen molar-refractivity contribution in [1.29, 1.82) is 0 Å². The Labute approximate surface area is 126 Å². The number of benzene rings is 2. The molecule has 0 radical (unpaired) electrons. The van der Waals surface area contributed by atoms with Gasteiger partial charge >= 0.3 is 0 Å². The molecule has 1 aliphatic carbocycles. The Morgan fingerprint density at radius 2 is 2.05 bits per heavy atom. The SMILES string of the molecule is COc1ccc(C(Cl)C2Cc3ccccc32)cc1Br. The van der Waals surface area contributed by atoms with Gasteiger partial charge < -0.3 is 4.74 Å². The number of alkyl halides is 1. The van der Waals surface area contributed by atoms with Crippen LogP contribution in [0, 0.1) is 0 Å². The molecule has 0 spiro atoms. The highest BCUT2D eigenvalue weighted by molar-refractivity contribution is 9.10. The lowest BCUT2D eigenvalue weighted by molar-refractivity contribution is 0.412. The van der Waals surface area contributed by atoms with Crippen LogP contribution >= 0.6 is 27.5 Å². The van der Waals surface area contributed by atoms with E-state index in [1.165, 1.54) is 11.1 Å². The molecule has 3 heteroatoms. The molecule has 0 heterocycles. The molecule has 0 aromatic heterocycles. The van der Waals surface area contributed by atoms with Crippen molar-refractivity contribution < 1.29 is 4.74 Å². The molecule has 2 aromatic carbocycles. The highest BCUT2D eigenvalue weighted by Gasteiger charge is 2.32. The van der Waals surface area contributed by atoms with E-state index in [4.69, 9.17) is 16.3 Å². The summed E-state index contributed by atoms with van der Waals surface area (Å²) in [7, 11) is 1.67. The molecule has 2 unspecified atom stereocenters. The molecule has 2 atom stereocenters. The van der Waals surface area contributed by atoms with E-state index >= 15 is 0 Å². The quantitative estimate of drug-likeness (QED) is 0.710. The van der Waals surface area contributed by atoms with Crippen LogP contribution in [0.25, 0.3) is 0 Å². The molecule has 0 saturated heterocycles. The third-order valence-corrected chi connectivity index (χ3v) is 4.92. The zero-order valence-electron chi connectivity index (χ0n) is 10.6. The van der Waals surface area contributed by atoms with E-state index in [1.807, 2.05) is 12.1 Å². The number of fused-ring (bicyclic) bond motifs is 1. The molecule has 98 valence electrons. The van der Waals surface area contributed by atoms with Gasteiger partial charge in [0.05, 0.1) is 17.0 Å². The minimum atomic E-state index is 0.0112. The summed E-state index contributed by atoms with van der Waals surface area (Å²) in [6.07, 6.45) is 1.06. The average molecular weight is 338 g/mol. The summed E-state index contributed by atoms with van der Waals surface area (Å²) in [5.41, 5.74) is 3.94. The minimum Gasteiger partial charge on any atom is -0.496 e. The van der Waals surface area contributed by atoms with Crippen LogP contribution in [0.1, 0.15) is 28.0 Å². The maximum Gasteiger partial charge on any atom is 0.133 e. The first kappa shape index (κ1) is 13.0. The Morgan fingerprint density at radius 3 is 2.74 bits per heavy atom. The molecule has 0 fully saturated rings. The summed E-state index contributed by atoms with van der Waals surface area (Å²) < 4.78 is 6.20.